The van der Waals surface area contributed by atoms with Gasteiger partial charge in [0.05, 0.1) is 27.8 Å². The van der Waals surface area contributed by atoms with E-state index in [-0.39, 0.29) is 57.6 Å². The lowest BCUT2D eigenvalue weighted by Crippen LogP contribution is -2.65. The summed E-state index contributed by atoms with van der Waals surface area (Å²) in [6.45, 7) is 15.4. The van der Waals surface area contributed by atoms with Crippen LogP contribution in [0, 0.1) is 51.2 Å². The van der Waals surface area contributed by atoms with Crippen molar-refractivity contribution in [2.45, 2.75) is 111 Å². The standard InChI is InChI=1S/C43H50F3NO4/c1-23-15-18-42(37(50)51)20-19-40(6)28(33(42)24(23)2)13-14-31-39(5)22-27-29(43(44,45)46)21-26-32(34(27)38(3,4)30(39)16-17-41(31,40)7)36(49)47(35(26)48)25-11-9-8-10-12-25/h8-13,21,23-24,30-31,33H,14-20,22H2,1-7H3,(H,50,51)/t23-,24+,30+,31-,33+,39+,40-,41-,42+/m1/s1. The number of carboxylic acids is 1. The molecule has 1 heterocycles. The molecule has 0 aromatic heterocycles. The smallest absolute Gasteiger partial charge is 0.416 e. The number of anilines is 1. The van der Waals surface area contributed by atoms with E-state index >= 15 is 13.2 Å². The Morgan fingerprint density at radius 1 is 0.902 bits per heavy atom. The van der Waals surface area contributed by atoms with E-state index in [1.54, 1.807) is 30.3 Å². The molecule has 2 amide bonds. The summed E-state index contributed by atoms with van der Waals surface area (Å²) in [5, 5.41) is 10.8. The molecular weight excluding hydrogens is 651 g/mol. The number of benzene rings is 2. The van der Waals surface area contributed by atoms with E-state index < -0.39 is 45.8 Å². The van der Waals surface area contributed by atoms with Crippen LogP contribution >= 0.6 is 0 Å². The van der Waals surface area contributed by atoms with E-state index in [0.717, 1.165) is 36.6 Å². The zero-order valence-electron chi connectivity index (χ0n) is 30.8. The quantitative estimate of drug-likeness (QED) is 0.250. The van der Waals surface area contributed by atoms with Gasteiger partial charge in [-0.25, -0.2) is 4.90 Å². The number of alkyl halides is 3. The summed E-state index contributed by atoms with van der Waals surface area (Å²) < 4.78 is 45.7. The lowest BCUT2D eigenvalue weighted by atomic mass is 9.33. The Balaban J connectivity index is 1.29. The van der Waals surface area contributed by atoms with Crippen LogP contribution in [0.1, 0.15) is 131 Å². The number of imide groups is 1. The number of hydrogen-bond acceptors (Lipinski definition) is 3. The average Bonchev–Trinajstić information content (AvgIpc) is 3.30. The molecule has 5 nitrogen and oxygen atoms in total. The highest BCUT2D eigenvalue weighted by Gasteiger charge is 2.70. The third kappa shape index (κ3) is 4.19. The number of allylic oxidation sites excluding steroid dienone is 2. The number of carbonyl (C=O) groups excluding carboxylic acids is 2. The van der Waals surface area contributed by atoms with Gasteiger partial charge in [-0.1, -0.05) is 78.3 Å². The highest BCUT2D eigenvalue weighted by molar-refractivity contribution is 6.35. The summed E-state index contributed by atoms with van der Waals surface area (Å²) in [5.41, 5.74) is -1.35. The van der Waals surface area contributed by atoms with E-state index in [4.69, 9.17) is 0 Å². The number of hydrogen-bond donors (Lipinski definition) is 1. The Kier molecular flexibility index (Phi) is 7.20. The minimum absolute atomic E-state index is 0.0364. The summed E-state index contributed by atoms with van der Waals surface area (Å²) in [5.74, 6) is -1.36. The van der Waals surface area contributed by atoms with Gasteiger partial charge in [-0.05, 0) is 132 Å². The largest absolute Gasteiger partial charge is 0.481 e. The maximum atomic E-state index is 15.2. The topological polar surface area (TPSA) is 74.7 Å². The molecule has 51 heavy (non-hydrogen) atoms. The molecule has 8 rings (SSSR count). The third-order valence-corrected chi connectivity index (χ3v) is 16.4. The fourth-order valence-corrected chi connectivity index (χ4v) is 13.6. The van der Waals surface area contributed by atoms with Gasteiger partial charge in [0, 0.05) is 0 Å². The molecule has 2 aromatic carbocycles. The van der Waals surface area contributed by atoms with Crippen molar-refractivity contribution in [3.63, 3.8) is 0 Å². The number of carbonyl (C=O) groups is 3. The number of aliphatic carboxylic acids is 1. The molecule has 0 bridgehead atoms. The minimum atomic E-state index is -4.72. The molecular formula is C43H50F3NO4. The van der Waals surface area contributed by atoms with Gasteiger partial charge < -0.3 is 5.11 Å². The fraction of sp³-hybridized carbons (Fsp3) is 0.605. The second-order valence-corrected chi connectivity index (χ2v) is 18.5. The van der Waals surface area contributed by atoms with E-state index in [1.807, 2.05) is 13.8 Å². The number of halogens is 3. The lowest BCUT2D eigenvalue weighted by Gasteiger charge is -2.71. The number of fused-ring (bicyclic) bond motifs is 10. The summed E-state index contributed by atoms with van der Waals surface area (Å²) >= 11 is 0. The second-order valence-electron chi connectivity index (χ2n) is 18.5. The predicted octanol–water partition coefficient (Wildman–Crippen LogP) is 10.3. The van der Waals surface area contributed by atoms with Gasteiger partial charge in [0.2, 0.25) is 0 Å². The van der Waals surface area contributed by atoms with Crippen LogP contribution in [0.3, 0.4) is 0 Å². The van der Waals surface area contributed by atoms with Crippen LogP contribution in [-0.2, 0) is 22.8 Å². The van der Waals surface area contributed by atoms with Crippen LogP contribution in [0.15, 0.2) is 48.0 Å². The van der Waals surface area contributed by atoms with E-state index in [1.165, 1.54) is 5.57 Å². The van der Waals surface area contributed by atoms with Gasteiger partial charge in [0.25, 0.3) is 11.8 Å². The van der Waals surface area contributed by atoms with Gasteiger partial charge in [-0.3, -0.25) is 14.4 Å². The van der Waals surface area contributed by atoms with Crippen molar-refractivity contribution in [2.24, 2.45) is 51.2 Å². The molecule has 3 fully saturated rings. The average molecular weight is 702 g/mol. The first-order valence-electron chi connectivity index (χ1n) is 18.9. The molecule has 2 aromatic rings. The Morgan fingerprint density at radius 2 is 1.59 bits per heavy atom. The van der Waals surface area contributed by atoms with Gasteiger partial charge in [-0.15, -0.1) is 0 Å². The summed E-state index contributed by atoms with van der Waals surface area (Å²) in [4.78, 5) is 42.2. The molecule has 5 aliphatic carbocycles. The highest BCUT2D eigenvalue weighted by atomic mass is 19.4. The summed E-state index contributed by atoms with van der Waals surface area (Å²) in [6, 6.07) is 9.40. The number of nitrogens with zero attached hydrogens (tertiary/aromatic N) is 1. The molecule has 0 unspecified atom stereocenters. The number of amides is 2. The van der Waals surface area contributed by atoms with Crippen LogP contribution in [-0.4, -0.2) is 22.9 Å². The molecule has 0 spiro atoms. The van der Waals surface area contributed by atoms with Crippen LogP contribution in [0.25, 0.3) is 0 Å². The normalized spacial score (nSPS) is 39.5. The van der Waals surface area contributed by atoms with E-state index in [0.29, 0.717) is 36.4 Å². The maximum absolute atomic E-state index is 15.2. The highest BCUT2D eigenvalue weighted by Crippen LogP contribution is 2.76. The van der Waals surface area contributed by atoms with Crippen molar-refractivity contribution in [3.05, 3.63) is 75.9 Å². The second kappa shape index (κ2) is 10.6. The Bertz CT molecular complexity index is 1920. The Labute approximate surface area is 299 Å². The zero-order chi connectivity index (χ0) is 36.8. The van der Waals surface area contributed by atoms with Gasteiger partial charge in [0.1, 0.15) is 0 Å². The molecule has 0 saturated heterocycles. The molecule has 3 saturated carbocycles. The summed E-state index contributed by atoms with van der Waals surface area (Å²) in [6.07, 6.45) is 3.08. The van der Waals surface area contributed by atoms with Crippen molar-refractivity contribution in [1.29, 1.82) is 0 Å². The molecule has 1 aliphatic heterocycles. The SMILES string of the molecule is C[C@H]1[C@H](C)CC[C@]2(C(=O)O)CC[C@]3(C)C(=CC[C@@H]4[C@@]5(C)Cc6c(C(F)(F)F)cc7c(c6C(C)(C)[C@@H]5CC[C@]43C)C(=O)N(c3ccccc3)C7=O)[C@H]12. The van der Waals surface area contributed by atoms with E-state index in [2.05, 4.69) is 40.7 Å². The first kappa shape index (κ1) is 34.7. The number of para-hydroxylation sites is 1. The van der Waals surface area contributed by atoms with Crippen molar-refractivity contribution in [3.8, 4) is 0 Å². The van der Waals surface area contributed by atoms with Gasteiger partial charge in [0.15, 0.2) is 0 Å². The third-order valence-electron chi connectivity index (χ3n) is 16.4. The molecule has 1 N–H and O–H groups in total. The first-order valence-corrected chi connectivity index (χ1v) is 18.9. The maximum Gasteiger partial charge on any atom is 0.416 e. The van der Waals surface area contributed by atoms with Crippen LogP contribution in [0.5, 0.6) is 0 Å². The minimum Gasteiger partial charge on any atom is -0.481 e. The van der Waals surface area contributed by atoms with E-state index in [9.17, 15) is 19.5 Å². The Hall–Kier alpha value is -3.42. The monoisotopic (exact) mass is 701 g/mol. The lowest BCUT2D eigenvalue weighted by molar-refractivity contribution is -0.179. The predicted molar refractivity (Wildman–Crippen MR) is 189 cm³/mol. The fourth-order valence-electron chi connectivity index (χ4n) is 13.6. The zero-order valence-corrected chi connectivity index (χ0v) is 30.8. The molecule has 272 valence electrons. The van der Waals surface area contributed by atoms with Crippen LogP contribution in [0.2, 0.25) is 0 Å². The van der Waals surface area contributed by atoms with Crippen LogP contribution in [0.4, 0.5) is 18.9 Å². The van der Waals surface area contributed by atoms with Crippen molar-refractivity contribution < 1.29 is 32.7 Å². The van der Waals surface area contributed by atoms with Crippen molar-refractivity contribution in [2.75, 3.05) is 4.90 Å². The summed E-state index contributed by atoms with van der Waals surface area (Å²) in [7, 11) is 0. The number of carboxylic acid groups (broad SMARTS) is 1. The Morgan fingerprint density at radius 3 is 2.24 bits per heavy atom. The molecule has 0 radical (unpaired) electrons. The molecule has 9 atom stereocenters. The van der Waals surface area contributed by atoms with Crippen molar-refractivity contribution in [1.82, 2.24) is 0 Å². The first-order chi connectivity index (χ1) is 23.8. The van der Waals surface area contributed by atoms with Crippen molar-refractivity contribution >= 4 is 23.5 Å². The van der Waals surface area contributed by atoms with Crippen LogP contribution < -0.4 is 4.90 Å². The van der Waals surface area contributed by atoms with Gasteiger partial charge >= 0.3 is 12.1 Å². The molecule has 8 heteroatoms. The molecule has 6 aliphatic rings. The van der Waals surface area contributed by atoms with Gasteiger partial charge in [-0.2, -0.15) is 13.2 Å². The number of rotatable bonds is 2.